The van der Waals surface area contributed by atoms with Crippen molar-refractivity contribution in [2.75, 3.05) is 5.75 Å². The van der Waals surface area contributed by atoms with E-state index in [1.165, 1.54) is 0 Å². The van der Waals surface area contributed by atoms with E-state index in [9.17, 15) is 8.42 Å². The summed E-state index contributed by atoms with van der Waals surface area (Å²) < 4.78 is 25.4. The van der Waals surface area contributed by atoms with Crippen molar-refractivity contribution in [3.8, 4) is 0 Å². The van der Waals surface area contributed by atoms with E-state index in [1.54, 1.807) is 0 Å². The average Bonchev–Trinajstić information content (AvgIpc) is 2.47. The van der Waals surface area contributed by atoms with Gasteiger partial charge in [0.15, 0.2) is 9.84 Å². The van der Waals surface area contributed by atoms with E-state index in [2.05, 4.69) is 0 Å². The van der Waals surface area contributed by atoms with Crippen LogP contribution in [0.4, 0.5) is 0 Å². The number of unbranched alkanes of at least 4 members (excludes halogenated alkanes) is 1. The molecule has 0 atom stereocenters. The van der Waals surface area contributed by atoms with Crippen molar-refractivity contribution in [2.24, 2.45) is 0 Å². The highest BCUT2D eigenvalue weighted by atomic mass is 32.2. The van der Waals surface area contributed by atoms with Gasteiger partial charge < -0.3 is 0 Å². The molecule has 0 amide bonds. The molecule has 0 aliphatic rings. The Balaban J connectivity index is 2.46. The Morgan fingerprint density at radius 3 is 1.70 bits per heavy atom. The van der Waals surface area contributed by atoms with Gasteiger partial charge in [-0.05, 0) is 17.5 Å². The summed E-state index contributed by atoms with van der Waals surface area (Å²) in [5.74, 6) is 0.234. The maximum absolute atomic E-state index is 12.7. The first kappa shape index (κ1) is 14.8. The molecular formula is C17H20O2S. The Labute approximate surface area is 121 Å². The van der Waals surface area contributed by atoms with Crippen molar-refractivity contribution < 1.29 is 8.42 Å². The molecule has 3 heteroatoms. The van der Waals surface area contributed by atoms with Crippen LogP contribution in [0, 0.1) is 0 Å². The third kappa shape index (κ3) is 3.48. The standard InChI is InChI=1S/C17H20O2S/c1-2-3-14-20(18,19)17(15-10-6-4-7-11-15)16-12-8-5-9-13-16/h4-13,17H,2-3,14H2,1H3. The van der Waals surface area contributed by atoms with E-state index in [0.717, 1.165) is 17.5 Å². The summed E-state index contributed by atoms with van der Waals surface area (Å²) in [4.78, 5) is 0. The van der Waals surface area contributed by atoms with E-state index in [4.69, 9.17) is 0 Å². The predicted molar refractivity (Wildman–Crippen MR) is 83.4 cm³/mol. The van der Waals surface area contributed by atoms with Crippen LogP contribution in [0.3, 0.4) is 0 Å². The molecule has 0 N–H and O–H groups in total. The van der Waals surface area contributed by atoms with E-state index >= 15 is 0 Å². The lowest BCUT2D eigenvalue weighted by Gasteiger charge is -2.18. The number of sulfone groups is 1. The Hall–Kier alpha value is -1.61. The minimum Gasteiger partial charge on any atom is -0.228 e. The molecule has 0 unspecified atom stereocenters. The first-order valence-corrected chi connectivity index (χ1v) is 8.68. The van der Waals surface area contributed by atoms with Crippen molar-refractivity contribution in [1.82, 2.24) is 0 Å². The van der Waals surface area contributed by atoms with Gasteiger partial charge in [0.2, 0.25) is 0 Å². The van der Waals surface area contributed by atoms with Crippen LogP contribution in [0.1, 0.15) is 36.1 Å². The van der Waals surface area contributed by atoms with Gasteiger partial charge in [-0.1, -0.05) is 74.0 Å². The summed E-state index contributed by atoms with van der Waals surface area (Å²) in [6.45, 7) is 2.01. The Morgan fingerprint density at radius 1 is 0.850 bits per heavy atom. The molecule has 0 aliphatic carbocycles. The molecule has 0 aromatic heterocycles. The van der Waals surface area contributed by atoms with Crippen molar-refractivity contribution in [3.05, 3.63) is 71.8 Å². The van der Waals surface area contributed by atoms with Gasteiger partial charge in [0.1, 0.15) is 5.25 Å². The molecule has 0 aliphatic heterocycles. The molecule has 106 valence electrons. The molecule has 2 aromatic carbocycles. The largest absolute Gasteiger partial charge is 0.228 e. The van der Waals surface area contributed by atoms with Crippen molar-refractivity contribution in [2.45, 2.75) is 25.0 Å². The summed E-state index contributed by atoms with van der Waals surface area (Å²) in [6.07, 6.45) is 1.59. The third-order valence-corrected chi connectivity index (χ3v) is 5.47. The zero-order valence-electron chi connectivity index (χ0n) is 11.7. The fourth-order valence-electron chi connectivity index (χ4n) is 2.33. The van der Waals surface area contributed by atoms with E-state index in [-0.39, 0.29) is 5.75 Å². The molecule has 0 fully saturated rings. The Morgan fingerprint density at radius 2 is 1.30 bits per heavy atom. The smallest absolute Gasteiger partial charge is 0.161 e. The monoisotopic (exact) mass is 288 g/mol. The van der Waals surface area contributed by atoms with Crippen LogP contribution < -0.4 is 0 Å². The topological polar surface area (TPSA) is 34.1 Å². The van der Waals surface area contributed by atoms with E-state index < -0.39 is 15.1 Å². The van der Waals surface area contributed by atoms with Gasteiger partial charge in [-0.2, -0.15) is 0 Å². The number of rotatable bonds is 6. The molecule has 2 aromatic rings. The van der Waals surface area contributed by atoms with Gasteiger partial charge in [0.05, 0.1) is 5.75 Å². The third-order valence-electron chi connectivity index (χ3n) is 3.35. The van der Waals surface area contributed by atoms with E-state index in [1.807, 2.05) is 67.6 Å². The Kier molecular flexibility index (Phi) is 4.96. The highest BCUT2D eigenvalue weighted by Gasteiger charge is 2.27. The lowest BCUT2D eigenvalue weighted by molar-refractivity contribution is 0.585. The maximum Gasteiger partial charge on any atom is 0.161 e. The fourth-order valence-corrected chi connectivity index (χ4v) is 4.40. The van der Waals surface area contributed by atoms with Crippen LogP contribution in [-0.4, -0.2) is 14.2 Å². The van der Waals surface area contributed by atoms with Gasteiger partial charge in [0, 0.05) is 0 Å². The second kappa shape index (κ2) is 6.71. The zero-order chi connectivity index (χ0) is 14.4. The summed E-state index contributed by atoms with van der Waals surface area (Å²) in [5, 5.41) is -0.559. The summed E-state index contributed by atoms with van der Waals surface area (Å²) in [7, 11) is -3.19. The Bertz CT molecular complexity index is 579. The molecule has 0 saturated carbocycles. The molecule has 0 heterocycles. The second-order valence-corrected chi connectivity index (χ2v) is 7.13. The number of benzene rings is 2. The van der Waals surface area contributed by atoms with Crippen LogP contribution in [0.25, 0.3) is 0 Å². The van der Waals surface area contributed by atoms with E-state index in [0.29, 0.717) is 6.42 Å². The van der Waals surface area contributed by atoms with Gasteiger partial charge in [-0.3, -0.25) is 0 Å². The minimum absolute atomic E-state index is 0.234. The number of hydrogen-bond acceptors (Lipinski definition) is 2. The molecule has 0 spiro atoms. The molecule has 0 saturated heterocycles. The lowest BCUT2D eigenvalue weighted by atomic mass is 10.0. The molecule has 2 rings (SSSR count). The lowest BCUT2D eigenvalue weighted by Crippen LogP contribution is -2.18. The minimum atomic E-state index is -3.19. The normalized spacial score (nSPS) is 11.7. The van der Waals surface area contributed by atoms with Crippen LogP contribution in [-0.2, 0) is 9.84 Å². The molecule has 20 heavy (non-hydrogen) atoms. The van der Waals surface area contributed by atoms with Crippen LogP contribution in [0.15, 0.2) is 60.7 Å². The quantitative estimate of drug-likeness (QED) is 0.805. The summed E-state index contributed by atoms with van der Waals surface area (Å²) in [5.41, 5.74) is 1.68. The van der Waals surface area contributed by atoms with Crippen molar-refractivity contribution in [3.63, 3.8) is 0 Å². The van der Waals surface area contributed by atoms with Gasteiger partial charge in [-0.25, -0.2) is 8.42 Å². The van der Waals surface area contributed by atoms with Gasteiger partial charge in [0.25, 0.3) is 0 Å². The van der Waals surface area contributed by atoms with Crippen molar-refractivity contribution in [1.29, 1.82) is 0 Å². The molecule has 0 radical (unpaired) electrons. The summed E-state index contributed by atoms with van der Waals surface area (Å²) in [6, 6.07) is 18.9. The van der Waals surface area contributed by atoms with Gasteiger partial charge >= 0.3 is 0 Å². The van der Waals surface area contributed by atoms with Crippen LogP contribution >= 0.6 is 0 Å². The molecule has 2 nitrogen and oxygen atoms in total. The highest BCUT2D eigenvalue weighted by molar-refractivity contribution is 7.91. The molecular weight excluding hydrogens is 268 g/mol. The van der Waals surface area contributed by atoms with Crippen LogP contribution in [0.5, 0.6) is 0 Å². The first-order chi connectivity index (χ1) is 9.65. The SMILES string of the molecule is CCCCS(=O)(=O)C(c1ccccc1)c1ccccc1. The number of hydrogen-bond donors (Lipinski definition) is 0. The van der Waals surface area contributed by atoms with Crippen LogP contribution in [0.2, 0.25) is 0 Å². The second-order valence-electron chi connectivity index (χ2n) is 4.92. The molecule has 0 bridgehead atoms. The summed E-state index contributed by atoms with van der Waals surface area (Å²) >= 11 is 0. The van der Waals surface area contributed by atoms with Gasteiger partial charge in [-0.15, -0.1) is 0 Å². The average molecular weight is 288 g/mol. The van der Waals surface area contributed by atoms with Crippen molar-refractivity contribution >= 4 is 9.84 Å². The fraction of sp³-hybridized carbons (Fsp3) is 0.294. The first-order valence-electron chi connectivity index (χ1n) is 6.96. The predicted octanol–water partition coefficient (Wildman–Crippen LogP) is 3.99. The maximum atomic E-state index is 12.7. The highest BCUT2D eigenvalue weighted by Crippen LogP contribution is 2.31. The zero-order valence-corrected chi connectivity index (χ0v) is 12.5.